The van der Waals surface area contributed by atoms with E-state index in [-0.39, 0.29) is 5.91 Å². The molecule has 3 rings (SSSR count). The molecule has 0 radical (unpaired) electrons. The van der Waals surface area contributed by atoms with Gasteiger partial charge >= 0.3 is 0 Å². The number of piperazine rings is 1. The van der Waals surface area contributed by atoms with Crippen molar-refractivity contribution in [2.24, 2.45) is 0 Å². The third kappa shape index (κ3) is 6.22. The molecule has 2 aromatic rings. The van der Waals surface area contributed by atoms with Crippen LogP contribution in [-0.2, 0) is 4.79 Å². The van der Waals surface area contributed by atoms with Crippen LogP contribution in [0.1, 0.15) is 18.1 Å². The van der Waals surface area contributed by atoms with Gasteiger partial charge in [-0.25, -0.2) is 0 Å². The van der Waals surface area contributed by atoms with Crippen LogP contribution in [0.5, 0.6) is 11.5 Å². The zero-order valence-corrected chi connectivity index (χ0v) is 17.8. The van der Waals surface area contributed by atoms with Gasteiger partial charge in [-0.1, -0.05) is 48.6 Å². The van der Waals surface area contributed by atoms with Gasteiger partial charge in [0, 0.05) is 38.8 Å². The molecular weight excluding hydrogens is 376 g/mol. The number of hydrogen-bond donors (Lipinski definition) is 0. The zero-order valence-electron chi connectivity index (χ0n) is 17.8. The van der Waals surface area contributed by atoms with E-state index < -0.39 is 0 Å². The van der Waals surface area contributed by atoms with E-state index in [0.29, 0.717) is 18.1 Å². The summed E-state index contributed by atoms with van der Waals surface area (Å²) in [4.78, 5) is 16.8. The lowest BCUT2D eigenvalue weighted by molar-refractivity contribution is -0.127. The Labute approximate surface area is 179 Å². The van der Waals surface area contributed by atoms with E-state index in [0.717, 1.165) is 38.3 Å². The van der Waals surface area contributed by atoms with Crippen LogP contribution in [0, 0.1) is 0 Å². The molecule has 30 heavy (non-hydrogen) atoms. The summed E-state index contributed by atoms with van der Waals surface area (Å²) >= 11 is 0. The van der Waals surface area contributed by atoms with Crippen LogP contribution >= 0.6 is 0 Å². The Morgan fingerprint density at radius 2 is 1.73 bits per heavy atom. The van der Waals surface area contributed by atoms with Crippen LogP contribution < -0.4 is 9.47 Å². The first-order chi connectivity index (χ1) is 14.7. The quantitative estimate of drug-likeness (QED) is 0.622. The maximum atomic E-state index is 12.6. The van der Waals surface area contributed by atoms with Gasteiger partial charge in [0.2, 0.25) is 5.91 Å². The predicted molar refractivity (Wildman–Crippen MR) is 122 cm³/mol. The number of carbonyl (C=O) groups excluding carboxylic acids is 1. The highest BCUT2D eigenvalue weighted by Crippen LogP contribution is 2.28. The highest BCUT2D eigenvalue weighted by molar-refractivity contribution is 5.92. The Morgan fingerprint density at radius 3 is 2.43 bits per heavy atom. The Balaban J connectivity index is 1.47. The lowest BCUT2D eigenvalue weighted by Crippen LogP contribution is -2.48. The van der Waals surface area contributed by atoms with E-state index in [1.54, 1.807) is 13.2 Å². The summed E-state index contributed by atoms with van der Waals surface area (Å²) < 4.78 is 10.9. The molecule has 5 nitrogen and oxygen atoms in total. The van der Waals surface area contributed by atoms with Gasteiger partial charge < -0.3 is 14.4 Å². The molecule has 0 bridgehead atoms. The molecule has 0 N–H and O–H groups in total. The van der Waals surface area contributed by atoms with Crippen molar-refractivity contribution in [3.8, 4) is 11.5 Å². The van der Waals surface area contributed by atoms with E-state index in [2.05, 4.69) is 29.2 Å². The third-order valence-electron chi connectivity index (χ3n) is 5.06. The maximum Gasteiger partial charge on any atom is 0.246 e. The van der Waals surface area contributed by atoms with Crippen molar-refractivity contribution in [2.75, 3.05) is 46.4 Å². The third-order valence-corrected chi connectivity index (χ3v) is 5.06. The van der Waals surface area contributed by atoms with Crippen molar-refractivity contribution in [3.63, 3.8) is 0 Å². The SMILES string of the molecule is CCOc1ccc(/C=C/C(=O)N2CCN(C/C=C/c3ccccc3)CC2)cc1OC. The number of amides is 1. The fourth-order valence-corrected chi connectivity index (χ4v) is 3.39. The lowest BCUT2D eigenvalue weighted by atomic mass is 10.2. The van der Waals surface area contributed by atoms with Crippen molar-refractivity contribution >= 4 is 18.1 Å². The Morgan fingerprint density at radius 1 is 0.967 bits per heavy atom. The molecule has 0 unspecified atom stereocenters. The van der Waals surface area contributed by atoms with E-state index in [1.807, 2.05) is 54.3 Å². The summed E-state index contributed by atoms with van der Waals surface area (Å²) in [6.07, 6.45) is 7.80. The normalized spacial score (nSPS) is 15.1. The van der Waals surface area contributed by atoms with Gasteiger partial charge in [-0.3, -0.25) is 9.69 Å². The summed E-state index contributed by atoms with van der Waals surface area (Å²) in [5.41, 5.74) is 2.12. The standard InChI is InChI=1S/C25H30N2O3/c1-3-30-23-13-11-22(20-24(23)29-2)12-14-25(28)27-18-16-26(17-19-27)15-7-10-21-8-5-4-6-9-21/h4-14,20H,3,15-19H2,1-2H3/b10-7+,14-12+. The van der Waals surface area contributed by atoms with Crippen LogP contribution in [0.4, 0.5) is 0 Å². The van der Waals surface area contributed by atoms with Gasteiger partial charge in [0.25, 0.3) is 0 Å². The molecule has 1 amide bonds. The molecule has 0 saturated carbocycles. The second-order valence-corrected chi connectivity index (χ2v) is 7.12. The van der Waals surface area contributed by atoms with Gasteiger partial charge in [-0.15, -0.1) is 0 Å². The monoisotopic (exact) mass is 406 g/mol. The average molecular weight is 407 g/mol. The molecule has 1 fully saturated rings. The van der Waals surface area contributed by atoms with Crippen LogP contribution in [0.15, 0.2) is 60.7 Å². The maximum absolute atomic E-state index is 12.6. The van der Waals surface area contributed by atoms with Crippen LogP contribution in [0.25, 0.3) is 12.2 Å². The fourth-order valence-electron chi connectivity index (χ4n) is 3.39. The topological polar surface area (TPSA) is 42.0 Å². The molecule has 1 heterocycles. The minimum Gasteiger partial charge on any atom is -0.493 e. The van der Waals surface area contributed by atoms with E-state index in [1.165, 1.54) is 5.56 Å². The van der Waals surface area contributed by atoms with Crippen LogP contribution in [-0.4, -0.2) is 62.1 Å². The molecule has 0 spiro atoms. The highest BCUT2D eigenvalue weighted by Gasteiger charge is 2.18. The molecule has 1 aliphatic rings. The second-order valence-electron chi connectivity index (χ2n) is 7.12. The number of carbonyl (C=O) groups is 1. The molecule has 2 aromatic carbocycles. The number of nitrogens with zero attached hydrogens (tertiary/aromatic N) is 2. The number of methoxy groups -OCH3 is 1. The van der Waals surface area contributed by atoms with E-state index in [4.69, 9.17) is 9.47 Å². The van der Waals surface area contributed by atoms with Crippen molar-refractivity contribution in [1.29, 1.82) is 0 Å². The van der Waals surface area contributed by atoms with E-state index in [9.17, 15) is 4.79 Å². The molecule has 5 heteroatoms. The molecule has 158 valence electrons. The molecule has 1 saturated heterocycles. The summed E-state index contributed by atoms with van der Waals surface area (Å²) in [6, 6.07) is 16.0. The van der Waals surface area contributed by atoms with Gasteiger partial charge in [-0.2, -0.15) is 0 Å². The van der Waals surface area contributed by atoms with Crippen molar-refractivity contribution < 1.29 is 14.3 Å². The number of benzene rings is 2. The first-order valence-electron chi connectivity index (χ1n) is 10.4. The first kappa shape index (κ1) is 21.7. The highest BCUT2D eigenvalue weighted by atomic mass is 16.5. The van der Waals surface area contributed by atoms with Crippen LogP contribution in [0.3, 0.4) is 0 Å². The number of hydrogen-bond acceptors (Lipinski definition) is 4. The minimum atomic E-state index is 0.0438. The number of ether oxygens (including phenoxy) is 2. The average Bonchev–Trinajstić information content (AvgIpc) is 2.79. The van der Waals surface area contributed by atoms with E-state index >= 15 is 0 Å². The van der Waals surface area contributed by atoms with Crippen molar-refractivity contribution in [3.05, 3.63) is 71.8 Å². The van der Waals surface area contributed by atoms with Gasteiger partial charge in [0.1, 0.15) is 0 Å². The van der Waals surface area contributed by atoms with Crippen molar-refractivity contribution in [1.82, 2.24) is 9.80 Å². The first-order valence-corrected chi connectivity index (χ1v) is 10.4. The van der Waals surface area contributed by atoms with Gasteiger partial charge in [0.15, 0.2) is 11.5 Å². The molecule has 0 aliphatic carbocycles. The molecular formula is C25H30N2O3. The summed E-state index contributed by atoms with van der Waals surface area (Å²) in [5.74, 6) is 1.42. The lowest BCUT2D eigenvalue weighted by Gasteiger charge is -2.33. The fraction of sp³-hybridized carbons (Fsp3) is 0.320. The second kappa shape index (κ2) is 11.2. The summed E-state index contributed by atoms with van der Waals surface area (Å²) in [6.45, 7) is 6.68. The number of rotatable bonds is 8. The molecule has 0 aromatic heterocycles. The Hall–Kier alpha value is -3.05. The van der Waals surface area contributed by atoms with Crippen LogP contribution in [0.2, 0.25) is 0 Å². The summed E-state index contributed by atoms with van der Waals surface area (Å²) in [5, 5.41) is 0. The minimum absolute atomic E-state index is 0.0438. The van der Waals surface area contributed by atoms with Gasteiger partial charge in [-0.05, 0) is 36.3 Å². The predicted octanol–water partition coefficient (Wildman–Crippen LogP) is 3.96. The molecule has 0 atom stereocenters. The van der Waals surface area contributed by atoms with Crippen molar-refractivity contribution in [2.45, 2.75) is 6.92 Å². The molecule has 1 aliphatic heterocycles. The smallest absolute Gasteiger partial charge is 0.246 e. The van der Waals surface area contributed by atoms with Gasteiger partial charge in [0.05, 0.1) is 13.7 Å². The largest absolute Gasteiger partial charge is 0.493 e. The zero-order chi connectivity index (χ0) is 21.2. The Bertz CT molecular complexity index is 869. The Kier molecular flexibility index (Phi) is 8.10. The summed E-state index contributed by atoms with van der Waals surface area (Å²) in [7, 11) is 1.62.